The van der Waals surface area contributed by atoms with Gasteiger partial charge < -0.3 is 0 Å². The van der Waals surface area contributed by atoms with Gasteiger partial charge in [0.15, 0.2) is 15.1 Å². The number of hydrogen-bond acceptors (Lipinski definition) is 5. The van der Waals surface area contributed by atoms with Crippen LogP contribution >= 0.6 is 34.7 Å². The SMILES string of the molecule is CSCC(C)NS(=O)(=O)c1c(Cl)nc2sccn12. The maximum Gasteiger partial charge on any atom is 0.260 e. The third kappa shape index (κ3) is 2.67. The van der Waals surface area contributed by atoms with Crippen molar-refractivity contribution in [2.24, 2.45) is 0 Å². The van der Waals surface area contributed by atoms with E-state index in [9.17, 15) is 8.42 Å². The molecule has 0 aliphatic heterocycles. The number of sulfonamides is 1. The van der Waals surface area contributed by atoms with Crippen molar-refractivity contribution in [1.82, 2.24) is 14.1 Å². The molecule has 0 aliphatic rings. The lowest BCUT2D eigenvalue weighted by molar-refractivity contribution is 0.566. The van der Waals surface area contributed by atoms with Gasteiger partial charge in [0.2, 0.25) is 0 Å². The first-order valence-corrected chi connectivity index (χ1v) is 9.21. The quantitative estimate of drug-likeness (QED) is 0.914. The van der Waals surface area contributed by atoms with E-state index in [2.05, 4.69) is 9.71 Å². The molecule has 0 radical (unpaired) electrons. The molecule has 2 aromatic heterocycles. The Kier molecular flexibility index (Phi) is 4.22. The zero-order valence-electron chi connectivity index (χ0n) is 9.75. The van der Waals surface area contributed by atoms with Crippen molar-refractivity contribution in [3.63, 3.8) is 0 Å². The van der Waals surface area contributed by atoms with E-state index in [0.717, 1.165) is 0 Å². The Balaban J connectivity index is 2.40. The molecule has 100 valence electrons. The van der Waals surface area contributed by atoms with Gasteiger partial charge in [0.05, 0.1) is 0 Å². The van der Waals surface area contributed by atoms with Gasteiger partial charge in [0.25, 0.3) is 10.0 Å². The highest BCUT2D eigenvalue weighted by Crippen LogP contribution is 2.25. The second kappa shape index (κ2) is 5.38. The minimum Gasteiger partial charge on any atom is -0.279 e. The van der Waals surface area contributed by atoms with Crippen LogP contribution in [0.1, 0.15) is 6.92 Å². The Morgan fingerprint density at radius 2 is 2.39 bits per heavy atom. The molecule has 1 unspecified atom stereocenters. The molecular formula is C9H12ClN3O2S3. The lowest BCUT2D eigenvalue weighted by Crippen LogP contribution is -2.34. The molecule has 18 heavy (non-hydrogen) atoms. The van der Waals surface area contributed by atoms with Gasteiger partial charge >= 0.3 is 0 Å². The van der Waals surface area contributed by atoms with Crippen molar-refractivity contribution >= 4 is 49.7 Å². The van der Waals surface area contributed by atoms with Crippen molar-refractivity contribution in [2.75, 3.05) is 12.0 Å². The third-order valence-electron chi connectivity index (χ3n) is 2.21. The number of thioether (sulfide) groups is 1. The average Bonchev–Trinajstić information content (AvgIpc) is 2.75. The molecule has 9 heteroatoms. The monoisotopic (exact) mass is 325 g/mol. The van der Waals surface area contributed by atoms with Crippen LogP contribution in [0.25, 0.3) is 4.96 Å². The molecule has 2 rings (SSSR count). The molecule has 0 saturated heterocycles. The fourth-order valence-electron chi connectivity index (χ4n) is 1.58. The number of aromatic nitrogens is 2. The van der Waals surface area contributed by atoms with Crippen molar-refractivity contribution in [2.45, 2.75) is 18.0 Å². The first-order chi connectivity index (χ1) is 8.45. The predicted molar refractivity (Wildman–Crippen MR) is 76.2 cm³/mol. The number of fused-ring (bicyclic) bond motifs is 1. The van der Waals surface area contributed by atoms with E-state index < -0.39 is 10.0 Å². The molecule has 5 nitrogen and oxygen atoms in total. The molecule has 0 bridgehead atoms. The summed E-state index contributed by atoms with van der Waals surface area (Å²) in [7, 11) is -3.65. The minimum atomic E-state index is -3.65. The normalized spacial score (nSPS) is 14.2. The van der Waals surface area contributed by atoms with Crippen LogP contribution in [-0.2, 0) is 10.0 Å². The summed E-state index contributed by atoms with van der Waals surface area (Å²) >= 11 is 8.82. The van der Waals surface area contributed by atoms with Gasteiger partial charge in [-0.2, -0.15) is 11.8 Å². The number of halogens is 1. The van der Waals surface area contributed by atoms with Gasteiger partial charge in [-0.25, -0.2) is 18.1 Å². The zero-order valence-corrected chi connectivity index (χ0v) is 13.0. The van der Waals surface area contributed by atoms with Crippen LogP contribution in [0, 0.1) is 0 Å². The predicted octanol–water partition coefficient (Wildman–Crippen LogP) is 2.08. The maximum absolute atomic E-state index is 12.3. The topological polar surface area (TPSA) is 63.5 Å². The van der Waals surface area contributed by atoms with E-state index >= 15 is 0 Å². The summed E-state index contributed by atoms with van der Waals surface area (Å²) in [6.45, 7) is 1.81. The molecule has 1 N–H and O–H groups in total. The van der Waals surface area contributed by atoms with E-state index in [1.54, 1.807) is 23.3 Å². The highest BCUT2D eigenvalue weighted by Gasteiger charge is 2.26. The van der Waals surface area contributed by atoms with Gasteiger partial charge in [-0.1, -0.05) is 11.6 Å². The fourth-order valence-corrected chi connectivity index (χ4v) is 4.97. The highest BCUT2D eigenvalue weighted by molar-refractivity contribution is 7.98. The molecule has 0 spiro atoms. The van der Waals surface area contributed by atoms with Crippen LogP contribution < -0.4 is 4.72 Å². The van der Waals surface area contributed by atoms with Crippen molar-refractivity contribution in [3.8, 4) is 0 Å². The summed E-state index contributed by atoms with van der Waals surface area (Å²) in [6, 6.07) is -0.162. The van der Waals surface area contributed by atoms with Gasteiger partial charge in [-0.3, -0.25) is 4.40 Å². The summed E-state index contributed by atoms with van der Waals surface area (Å²) in [5.74, 6) is 0.697. The molecule has 0 aromatic carbocycles. The lowest BCUT2D eigenvalue weighted by atomic mass is 10.4. The van der Waals surface area contributed by atoms with Gasteiger partial charge in [0, 0.05) is 23.4 Å². The summed E-state index contributed by atoms with van der Waals surface area (Å²) in [4.78, 5) is 4.58. The van der Waals surface area contributed by atoms with Crippen LogP contribution in [0.4, 0.5) is 0 Å². The standard InChI is InChI=1S/C9H12ClN3O2S3/c1-6(5-16-2)12-18(14,15)8-7(10)11-9-13(8)3-4-17-9/h3-4,6,12H,5H2,1-2H3. The van der Waals surface area contributed by atoms with Crippen molar-refractivity contribution in [3.05, 3.63) is 16.7 Å². The zero-order chi connectivity index (χ0) is 13.3. The van der Waals surface area contributed by atoms with Crippen molar-refractivity contribution in [1.29, 1.82) is 0 Å². The van der Waals surface area contributed by atoms with E-state index in [0.29, 0.717) is 10.7 Å². The van der Waals surface area contributed by atoms with Crippen LogP contribution in [0.5, 0.6) is 0 Å². The molecule has 0 amide bonds. The fraction of sp³-hybridized carbons (Fsp3) is 0.444. The third-order valence-corrected chi connectivity index (χ3v) is 5.78. The molecular weight excluding hydrogens is 314 g/mol. The van der Waals surface area contributed by atoms with Gasteiger partial charge in [-0.05, 0) is 13.2 Å². The van der Waals surface area contributed by atoms with Gasteiger partial charge in [-0.15, -0.1) is 11.3 Å². The molecule has 1 atom stereocenters. The number of thiazole rings is 1. The smallest absolute Gasteiger partial charge is 0.260 e. The van der Waals surface area contributed by atoms with Crippen LogP contribution in [0.2, 0.25) is 5.15 Å². The summed E-state index contributed by atoms with van der Waals surface area (Å²) in [5.41, 5.74) is 0. The van der Waals surface area contributed by atoms with Crippen molar-refractivity contribution < 1.29 is 8.42 Å². The molecule has 0 aliphatic carbocycles. The minimum absolute atomic E-state index is 0.00528. The number of rotatable bonds is 5. The number of imidazole rings is 1. The highest BCUT2D eigenvalue weighted by atomic mass is 35.5. The molecule has 2 heterocycles. The van der Waals surface area contributed by atoms with Crippen LogP contribution in [0.3, 0.4) is 0 Å². The summed E-state index contributed by atoms with van der Waals surface area (Å²) in [5, 5.41) is 1.78. The Bertz CT molecular complexity index is 649. The molecule has 2 aromatic rings. The first-order valence-electron chi connectivity index (χ1n) is 5.08. The first kappa shape index (κ1) is 14.1. The summed E-state index contributed by atoms with van der Waals surface area (Å²) < 4.78 is 28.6. The largest absolute Gasteiger partial charge is 0.279 e. The van der Waals surface area contributed by atoms with Gasteiger partial charge in [0.1, 0.15) is 0 Å². The Labute approximate surface area is 119 Å². The van der Waals surface area contributed by atoms with E-state index in [-0.39, 0.29) is 16.2 Å². The van der Waals surface area contributed by atoms with E-state index in [1.807, 2.05) is 13.2 Å². The second-order valence-electron chi connectivity index (χ2n) is 3.74. The molecule has 0 fully saturated rings. The Morgan fingerprint density at radius 1 is 1.67 bits per heavy atom. The Morgan fingerprint density at radius 3 is 3.06 bits per heavy atom. The molecule has 0 saturated carbocycles. The summed E-state index contributed by atoms with van der Waals surface area (Å²) in [6.07, 6.45) is 3.57. The van der Waals surface area contributed by atoms with Crippen LogP contribution in [-0.4, -0.2) is 35.9 Å². The number of hydrogen-bond donors (Lipinski definition) is 1. The van der Waals surface area contributed by atoms with Crippen LogP contribution in [0.15, 0.2) is 16.6 Å². The lowest BCUT2D eigenvalue weighted by Gasteiger charge is -2.12. The Hall–Kier alpha value is -0.280. The number of nitrogens with one attached hydrogen (secondary N) is 1. The maximum atomic E-state index is 12.3. The van der Waals surface area contributed by atoms with E-state index in [4.69, 9.17) is 11.6 Å². The average molecular weight is 326 g/mol. The van der Waals surface area contributed by atoms with E-state index in [1.165, 1.54) is 15.7 Å². The second-order valence-corrected chi connectivity index (χ2v) is 7.51. The number of nitrogens with zero attached hydrogens (tertiary/aromatic N) is 2.